The van der Waals surface area contributed by atoms with Gasteiger partial charge in [-0.3, -0.25) is 0 Å². The molecule has 0 aliphatic carbocycles. The van der Waals surface area contributed by atoms with Crippen molar-refractivity contribution in [3.05, 3.63) is 28.7 Å². The average molecular weight is 451 g/mol. The number of halogens is 2. The van der Waals surface area contributed by atoms with Crippen LogP contribution < -0.4 is 9.62 Å². The predicted octanol–water partition coefficient (Wildman–Crippen LogP) is 2.48. The molecule has 1 aliphatic heterocycles. The highest BCUT2D eigenvalue weighted by atomic mass is 35.5. The third-order valence-corrected chi connectivity index (χ3v) is 7.97. The molecule has 0 amide bonds. The Morgan fingerprint density at radius 3 is 2.75 bits per heavy atom. The molecule has 2 aromatic rings. The van der Waals surface area contributed by atoms with Gasteiger partial charge < -0.3 is 9.45 Å². The van der Waals surface area contributed by atoms with Crippen LogP contribution in [0.25, 0.3) is 5.52 Å². The van der Waals surface area contributed by atoms with Crippen molar-refractivity contribution in [1.29, 1.82) is 0 Å². The van der Waals surface area contributed by atoms with E-state index in [1.54, 1.807) is 6.07 Å². The summed E-state index contributed by atoms with van der Waals surface area (Å²) in [5.74, 6) is 0.597. The van der Waals surface area contributed by atoms with Gasteiger partial charge in [0.25, 0.3) is 0 Å². The molecule has 1 fully saturated rings. The van der Waals surface area contributed by atoms with Crippen LogP contribution in [0.2, 0.25) is 5.02 Å². The van der Waals surface area contributed by atoms with Crippen LogP contribution >= 0.6 is 11.6 Å². The number of pyridine rings is 1. The van der Waals surface area contributed by atoms with E-state index in [0.29, 0.717) is 17.1 Å². The zero-order chi connectivity index (χ0) is 20.5. The second-order valence-electron chi connectivity index (χ2n) is 6.91. The molecule has 0 radical (unpaired) electrons. The zero-order valence-electron chi connectivity index (χ0n) is 15.8. The maximum Gasteiger partial charge on any atom is 0.170 e. The Bertz CT molecular complexity index is 940. The van der Waals surface area contributed by atoms with E-state index in [9.17, 15) is 17.4 Å². The summed E-state index contributed by atoms with van der Waals surface area (Å²) in [5, 5.41) is 4.33. The summed E-state index contributed by atoms with van der Waals surface area (Å²) >= 11 is 5.09. The van der Waals surface area contributed by atoms with E-state index in [-0.39, 0.29) is 41.2 Å². The number of aromatic nitrogens is 2. The van der Waals surface area contributed by atoms with Gasteiger partial charge in [-0.15, -0.1) is 4.72 Å². The summed E-state index contributed by atoms with van der Waals surface area (Å²) in [6, 6.07) is 1.30. The Balaban J connectivity index is 2.01. The number of hydrogen-bond donors (Lipinski definition) is 1. The van der Waals surface area contributed by atoms with Crippen molar-refractivity contribution in [2.45, 2.75) is 32.7 Å². The largest absolute Gasteiger partial charge is 0.598 e. The minimum absolute atomic E-state index is 0.0184. The fraction of sp³-hybridized carbons (Fsp3) is 0.588. The van der Waals surface area contributed by atoms with Gasteiger partial charge in [0.05, 0.1) is 28.8 Å². The minimum Gasteiger partial charge on any atom is -0.598 e. The molecule has 1 aliphatic rings. The topological polar surface area (TPSA) is 89.8 Å². The quantitative estimate of drug-likeness (QED) is 0.652. The van der Waals surface area contributed by atoms with Crippen molar-refractivity contribution < 1.29 is 17.4 Å². The molecule has 0 aromatic carbocycles. The first-order valence-corrected chi connectivity index (χ1v) is 12.7. The smallest absolute Gasteiger partial charge is 0.170 e. The fourth-order valence-corrected chi connectivity index (χ4v) is 5.93. The van der Waals surface area contributed by atoms with Crippen LogP contribution in [0.3, 0.4) is 0 Å². The Labute approximate surface area is 172 Å². The van der Waals surface area contributed by atoms with Gasteiger partial charge in [0.2, 0.25) is 0 Å². The van der Waals surface area contributed by atoms with Crippen LogP contribution in [0.4, 0.5) is 10.2 Å². The number of fused-ring (bicyclic) bond motifs is 1. The van der Waals surface area contributed by atoms with E-state index in [2.05, 4.69) is 9.82 Å². The van der Waals surface area contributed by atoms with Gasteiger partial charge in [0.1, 0.15) is 17.1 Å². The van der Waals surface area contributed by atoms with E-state index in [1.807, 2.05) is 18.7 Å². The second-order valence-corrected chi connectivity index (χ2v) is 11.0. The molecule has 0 bridgehead atoms. The van der Waals surface area contributed by atoms with Crippen molar-refractivity contribution >= 4 is 44.1 Å². The van der Waals surface area contributed by atoms with E-state index in [1.165, 1.54) is 4.52 Å². The molecule has 3 rings (SSSR count). The summed E-state index contributed by atoms with van der Waals surface area (Å²) in [5.41, 5.74) is 0.845. The number of unbranched alkanes of at least 4 members (excludes halogenated alkanes) is 1. The van der Waals surface area contributed by atoms with Crippen molar-refractivity contribution in [3.63, 3.8) is 0 Å². The van der Waals surface area contributed by atoms with Crippen LogP contribution in [-0.2, 0) is 21.2 Å². The number of nitrogens with zero attached hydrogens (tertiary/aromatic N) is 3. The standard InChI is InChI=1S/C17H24ClFN4O3S2/c1-3-4-7-27(24)21-12(2)13-10-14(18)16-15(19)11-20-23(16)17(13)22-5-8-28(25,26)9-6-22/h10-12,21H,3-9H2,1-2H3/t12-,27-/m0/s1. The molecule has 11 heteroatoms. The summed E-state index contributed by atoms with van der Waals surface area (Å²) < 4.78 is 54.7. The maximum atomic E-state index is 14.2. The second kappa shape index (κ2) is 8.74. The van der Waals surface area contributed by atoms with Crippen molar-refractivity contribution in [3.8, 4) is 0 Å². The number of sulfone groups is 1. The van der Waals surface area contributed by atoms with Gasteiger partial charge in [0, 0.05) is 30.0 Å². The minimum atomic E-state index is -3.08. The number of anilines is 1. The first-order valence-electron chi connectivity index (χ1n) is 9.19. The number of rotatable bonds is 7. The molecule has 0 spiro atoms. The highest BCUT2D eigenvalue weighted by Gasteiger charge is 2.29. The highest BCUT2D eigenvalue weighted by molar-refractivity contribution is 7.91. The molecular weight excluding hydrogens is 427 g/mol. The predicted molar refractivity (Wildman–Crippen MR) is 110 cm³/mol. The molecule has 7 nitrogen and oxygen atoms in total. The Hall–Kier alpha value is -1.07. The van der Waals surface area contributed by atoms with Crippen molar-refractivity contribution in [2.24, 2.45) is 0 Å². The fourth-order valence-electron chi connectivity index (χ4n) is 3.25. The van der Waals surface area contributed by atoms with Crippen LogP contribution in [0.5, 0.6) is 0 Å². The first-order chi connectivity index (χ1) is 13.2. The van der Waals surface area contributed by atoms with Gasteiger partial charge in [-0.25, -0.2) is 17.3 Å². The summed E-state index contributed by atoms with van der Waals surface area (Å²) in [6.07, 6.45) is 2.87. The van der Waals surface area contributed by atoms with Gasteiger partial charge in [-0.05, 0) is 19.4 Å². The Morgan fingerprint density at radius 2 is 2.11 bits per heavy atom. The molecule has 1 N–H and O–H groups in total. The molecule has 0 saturated carbocycles. The SMILES string of the molecule is CCCC[S@+]([O-])N[C@@H](C)c1cc(Cl)c2c(F)cnn2c1N1CCS(=O)(=O)CC1. The molecule has 1 saturated heterocycles. The van der Waals surface area contributed by atoms with E-state index in [4.69, 9.17) is 11.6 Å². The monoisotopic (exact) mass is 450 g/mol. The van der Waals surface area contributed by atoms with Crippen LogP contribution in [0.1, 0.15) is 38.3 Å². The van der Waals surface area contributed by atoms with Gasteiger partial charge in [-0.2, -0.15) is 5.10 Å². The third kappa shape index (κ3) is 4.56. The van der Waals surface area contributed by atoms with Crippen LogP contribution in [0, 0.1) is 5.82 Å². The van der Waals surface area contributed by atoms with Gasteiger partial charge >= 0.3 is 0 Å². The molecule has 2 aromatic heterocycles. The molecule has 0 unspecified atom stereocenters. The lowest BCUT2D eigenvalue weighted by Crippen LogP contribution is -2.42. The Morgan fingerprint density at radius 1 is 1.43 bits per heavy atom. The van der Waals surface area contributed by atoms with Crippen LogP contribution in [0.15, 0.2) is 12.3 Å². The maximum absolute atomic E-state index is 14.2. The lowest BCUT2D eigenvalue weighted by atomic mass is 10.1. The summed E-state index contributed by atoms with van der Waals surface area (Å²) in [4.78, 5) is 1.87. The third-order valence-electron chi connectivity index (χ3n) is 4.79. The first kappa shape index (κ1) is 21.6. The molecule has 156 valence electrons. The molecule has 28 heavy (non-hydrogen) atoms. The number of nitrogens with one attached hydrogen (secondary N) is 1. The van der Waals surface area contributed by atoms with E-state index < -0.39 is 27.0 Å². The molecular formula is C17H24ClFN4O3S2. The normalized spacial score (nSPS) is 19.1. The van der Waals surface area contributed by atoms with Crippen LogP contribution in [-0.4, -0.2) is 52.9 Å². The van der Waals surface area contributed by atoms with Gasteiger partial charge in [0.15, 0.2) is 15.7 Å². The van der Waals surface area contributed by atoms with Gasteiger partial charge in [-0.1, -0.05) is 24.9 Å². The van der Waals surface area contributed by atoms with E-state index in [0.717, 1.165) is 19.0 Å². The van der Waals surface area contributed by atoms with Crippen molar-refractivity contribution in [1.82, 2.24) is 14.3 Å². The summed E-state index contributed by atoms with van der Waals surface area (Å²) in [7, 11) is -3.08. The van der Waals surface area contributed by atoms with E-state index >= 15 is 0 Å². The summed E-state index contributed by atoms with van der Waals surface area (Å²) in [6.45, 7) is 4.44. The average Bonchev–Trinajstić information content (AvgIpc) is 3.02. The molecule has 2 atom stereocenters. The number of hydrogen-bond acceptors (Lipinski definition) is 6. The zero-order valence-corrected chi connectivity index (χ0v) is 18.2. The lowest BCUT2D eigenvalue weighted by molar-refractivity contribution is 0.561. The molecule has 3 heterocycles. The highest BCUT2D eigenvalue weighted by Crippen LogP contribution is 2.34. The Kier molecular flexibility index (Phi) is 6.76. The van der Waals surface area contributed by atoms with Crippen molar-refractivity contribution in [2.75, 3.05) is 35.2 Å². The lowest BCUT2D eigenvalue weighted by Gasteiger charge is -2.32.